The van der Waals surface area contributed by atoms with Crippen molar-refractivity contribution in [3.05, 3.63) is 24.4 Å². The predicted molar refractivity (Wildman–Crippen MR) is 59.3 cm³/mol. The quantitative estimate of drug-likeness (QED) is 0.807. The number of alkyl halides is 6. The molecule has 0 atom stereocenters. The van der Waals surface area contributed by atoms with Gasteiger partial charge in [0.1, 0.15) is 5.82 Å². The topological polar surface area (TPSA) is 28.2 Å². The number of halogens is 6. The molecule has 0 radical (unpaired) electrons. The fourth-order valence-electron chi connectivity index (χ4n) is 2.24. The summed E-state index contributed by atoms with van der Waals surface area (Å²) < 4.78 is 79.2. The van der Waals surface area contributed by atoms with E-state index in [1.807, 2.05) is 0 Å². The van der Waals surface area contributed by atoms with Gasteiger partial charge in [-0.2, -0.15) is 26.3 Å². The first-order valence-corrected chi connectivity index (χ1v) is 5.73. The molecule has 0 spiro atoms. The molecular weight excluding hydrogens is 288 g/mol. The van der Waals surface area contributed by atoms with E-state index in [0.29, 0.717) is 0 Å². The first-order valence-electron chi connectivity index (χ1n) is 5.73. The van der Waals surface area contributed by atoms with Gasteiger partial charge >= 0.3 is 12.4 Å². The number of hydrogen-bond donors (Lipinski definition) is 1. The molecule has 1 N–H and O–H groups in total. The lowest BCUT2D eigenvalue weighted by atomic mass is 9.92. The van der Waals surface area contributed by atoms with E-state index in [1.165, 1.54) is 12.1 Å². The molecule has 1 aliphatic heterocycles. The van der Waals surface area contributed by atoms with Crippen LogP contribution in [0.3, 0.4) is 0 Å². The molecule has 0 unspecified atom stereocenters. The second kappa shape index (κ2) is 4.80. The van der Waals surface area contributed by atoms with Crippen LogP contribution >= 0.6 is 0 Å². The summed E-state index contributed by atoms with van der Waals surface area (Å²) in [7, 11) is 0. The molecule has 2 heterocycles. The second-order valence-electron chi connectivity index (χ2n) is 4.37. The third-order valence-electron chi connectivity index (χ3n) is 3.22. The molecule has 9 heteroatoms. The van der Waals surface area contributed by atoms with Crippen molar-refractivity contribution in [3.8, 4) is 0 Å². The third-order valence-corrected chi connectivity index (χ3v) is 3.22. The molecule has 1 saturated heterocycles. The van der Waals surface area contributed by atoms with Crippen molar-refractivity contribution in [2.75, 3.05) is 24.5 Å². The number of anilines is 1. The van der Waals surface area contributed by atoms with Crippen molar-refractivity contribution < 1.29 is 26.3 Å². The number of rotatable bonds is 1. The minimum Gasteiger partial charge on any atom is -0.332 e. The van der Waals surface area contributed by atoms with Crippen LogP contribution in [-0.4, -0.2) is 42.5 Å². The fourth-order valence-corrected chi connectivity index (χ4v) is 2.24. The Bertz CT molecular complexity index is 441. The SMILES string of the molecule is FC(F)(F)C1(C(F)(F)F)CNCCN1c1ccccn1. The Morgan fingerprint density at radius 2 is 1.75 bits per heavy atom. The zero-order valence-electron chi connectivity index (χ0n) is 10.1. The summed E-state index contributed by atoms with van der Waals surface area (Å²) >= 11 is 0. The zero-order chi connectivity index (χ0) is 15.0. The highest BCUT2D eigenvalue weighted by atomic mass is 19.4. The average Bonchev–Trinajstić information content (AvgIpc) is 2.37. The summed E-state index contributed by atoms with van der Waals surface area (Å²) in [5, 5.41) is 2.18. The number of nitrogens with one attached hydrogen (secondary N) is 1. The number of piperazine rings is 1. The van der Waals surface area contributed by atoms with E-state index in [4.69, 9.17) is 0 Å². The summed E-state index contributed by atoms with van der Waals surface area (Å²) in [4.78, 5) is 3.90. The van der Waals surface area contributed by atoms with Crippen molar-refractivity contribution in [1.82, 2.24) is 10.3 Å². The number of aromatic nitrogens is 1. The molecule has 2 rings (SSSR count). The lowest BCUT2D eigenvalue weighted by Crippen LogP contribution is -2.75. The molecule has 0 aliphatic carbocycles. The van der Waals surface area contributed by atoms with Gasteiger partial charge in [0.2, 0.25) is 5.54 Å². The highest BCUT2D eigenvalue weighted by Crippen LogP contribution is 2.48. The van der Waals surface area contributed by atoms with Crippen LogP contribution in [0.5, 0.6) is 0 Å². The Kier molecular flexibility index (Phi) is 3.57. The van der Waals surface area contributed by atoms with Crippen molar-refractivity contribution in [1.29, 1.82) is 0 Å². The summed E-state index contributed by atoms with van der Waals surface area (Å²) in [6.45, 7) is -1.67. The molecule has 20 heavy (non-hydrogen) atoms. The molecule has 112 valence electrons. The van der Waals surface area contributed by atoms with E-state index in [9.17, 15) is 26.3 Å². The van der Waals surface area contributed by atoms with Crippen LogP contribution in [0.1, 0.15) is 0 Å². The molecule has 1 fully saturated rings. The third kappa shape index (κ3) is 2.19. The molecule has 1 aromatic heterocycles. The van der Waals surface area contributed by atoms with Crippen LogP contribution in [-0.2, 0) is 0 Å². The van der Waals surface area contributed by atoms with Gasteiger partial charge in [-0.25, -0.2) is 4.98 Å². The van der Waals surface area contributed by atoms with Crippen molar-refractivity contribution in [3.63, 3.8) is 0 Å². The van der Waals surface area contributed by atoms with E-state index >= 15 is 0 Å². The van der Waals surface area contributed by atoms with Crippen LogP contribution < -0.4 is 10.2 Å². The van der Waals surface area contributed by atoms with Crippen LogP contribution in [0.2, 0.25) is 0 Å². The Balaban J connectivity index is 2.57. The fraction of sp³-hybridized carbons (Fsp3) is 0.545. The number of nitrogens with zero attached hydrogens (tertiary/aromatic N) is 2. The van der Waals surface area contributed by atoms with Gasteiger partial charge in [0.05, 0.1) is 0 Å². The summed E-state index contributed by atoms with van der Waals surface area (Å²) in [6.07, 6.45) is -9.79. The number of hydrogen-bond acceptors (Lipinski definition) is 3. The molecule has 0 aromatic carbocycles. The summed E-state index contributed by atoms with van der Waals surface area (Å²) in [5.41, 5.74) is -3.97. The molecular formula is C11H11F6N3. The molecule has 1 aromatic rings. The Morgan fingerprint density at radius 3 is 2.25 bits per heavy atom. The van der Waals surface area contributed by atoms with Gasteiger partial charge in [0, 0.05) is 25.8 Å². The smallest absolute Gasteiger partial charge is 0.332 e. The monoisotopic (exact) mass is 299 g/mol. The molecule has 1 aliphatic rings. The molecule has 0 saturated carbocycles. The highest BCUT2D eigenvalue weighted by Gasteiger charge is 2.74. The Labute approximate surface area is 110 Å². The van der Waals surface area contributed by atoms with Crippen molar-refractivity contribution in [2.45, 2.75) is 17.9 Å². The summed E-state index contributed by atoms with van der Waals surface area (Å²) in [5.74, 6) is -0.344. The first kappa shape index (κ1) is 14.9. The lowest BCUT2D eigenvalue weighted by Gasteiger charge is -2.49. The first-order chi connectivity index (χ1) is 9.20. The Morgan fingerprint density at radius 1 is 1.10 bits per heavy atom. The van der Waals surface area contributed by atoms with E-state index < -0.39 is 31.0 Å². The Hall–Kier alpha value is -1.51. The minimum absolute atomic E-state index is 0.0183. The van der Waals surface area contributed by atoms with Gasteiger partial charge in [0.15, 0.2) is 0 Å². The molecule has 0 bridgehead atoms. The largest absolute Gasteiger partial charge is 0.421 e. The second-order valence-corrected chi connectivity index (χ2v) is 4.37. The van der Waals surface area contributed by atoms with Gasteiger partial charge in [0.25, 0.3) is 0 Å². The van der Waals surface area contributed by atoms with Crippen LogP contribution in [0.25, 0.3) is 0 Å². The molecule has 3 nitrogen and oxygen atoms in total. The van der Waals surface area contributed by atoms with Gasteiger partial charge in [-0.1, -0.05) is 6.07 Å². The van der Waals surface area contributed by atoms with Crippen LogP contribution in [0.15, 0.2) is 24.4 Å². The van der Waals surface area contributed by atoms with E-state index in [-0.39, 0.29) is 17.3 Å². The average molecular weight is 299 g/mol. The predicted octanol–water partition coefficient (Wildman–Crippen LogP) is 2.35. The maximum absolute atomic E-state index is 13.2. The normalized spacial score (nSPS) is 20.0. The van der Waals surface area contributed by atoms with Gasteiger partial charge in [-0.15, -0.1) is 0 Å². The maximum Gasteiger partial charge on any atom is 0.421 e. The van der Waals surface area contributed by atoms with E-state index in [1.54, 1.807) is 0 Å². The van der Waals surface area contributed by atoms with Crippen molar-refractivity contribution >= 4 is 5.82 Å². The van der Waals surface area contributed by atoms with Gasteiger partial charge in [-0.3, -0.25) is 0 Å². The van der Waals surface area contributed by atoms with Crippen molar-refractivity contribution in [2.24, 2.45) is 0 Å². The zero-order valence-corrected chi connectivity index (χ0v) is 10.1. The molecule has 0 amide bonds. The van der Waals surface area contributed by atoms with E-state index in [2.05, 4.69) is 10.3 Å². The van der Waals surface area contributed by atoms with Crippen LogP contribution in [0.4, 0.5) is 32.2 Å². The minimum atomic E-state index is -5.48. The van der Waals surface area contributed by atoms with E-state index in [0.717, 1.165) is 12.3 Å². The van der Waals surface area contributed by atoms with Gasteiger partial charge < -0.3 is 10.2 Å². The van der Waals surface area contributed by atoms with Gasteiger partial charge in [-0.05, 0) is 12.1 Å². The summed E-state index contributed by atoms with van der Waals surface area (Å²) in [6, 6.07) is 3.91. The standard InChI is InChI=1S/C11H11F6N3/c12-10(13,14)9(11(15,16)17)7-18-5-6-20(9)8-3-1-2-4-19-8/h1-4,18H,5-7H2. The number of pyridine rings is 1. The lowest BCUT2D eigenvalue weighted by molar-refractivity contribution is -0.297. The maximum atomic E-state index is 13.2. The highest BCUT2D eigenvalue weighted by molar-refractivity contribution is 5.45. The van der Waals surface area contributed by atoms with Crippen LogP contribution in [0, 0.1) is 0 Å².